The first kappa shape index (κ1) is 21.5. The van der Waals surface area contributed by atoms with Crippen molar-refractivity contribution in [3.63, 3.8) is 0 Å². The summed E-state index contributed by atoms with van der Waals surface area (Å²) in [6, 6.07) is 9.62. The summed E-state index contributed by atoms with van der Waals surface area (Å²) in [4.78, 5) is 0. The summed E-state index contributed by atoms with van der Waals surface area (Å²) < 4.78 is 39.8. The molecular weight excluding hydrogens is 399 g/mol. The lowest BCUT2D eigenvalue weighted by molar-refractivity contribution is 0.417. The lowest BCUT2D eigenvalue weighted by atomic mass is 9.79. The largest absolute Gasteiger partial charge is 0.598 e. The van der Waals surface area contributed by atoms with Crippen LogP contribution in [0.2, 0.25) is 10.0 Å². The first-order chi connectivity index (χ1) is 12.2. The Labute approximate surface area is 166 Å². The Balaban J connectivity index is 2.51. The molecule has 0 aromatic heterocycles. The highest BCUT2D eigenvalue weighted by Crippen LogP contribution is 2.42. The van der Waals surface area contributed by atoms with E-state index in [9.17, 15) is 13.3 Å². The summed E-state index contributed by atoms with van der Waals surface area (Å²) in [7, 11) is 0. The number of hydrogen-bond donors (Lipinski definition) is 1. The fourth-order valence-electron chi connectivity index (χ4n) is 3.23. The first-order valence-electron chi connectivity index (χ1n) is 8.24. The third-order valence-electron chi connectivity index (χ3n) is 4.68. The predicted molar refractivity (Wildman–Crippen MR) is 105 cm³/mol. The van der Waals surface area contributed by atoms with E-state index < -0.39 is 38.7 Å². The molecule has 3 unspecified atom stereocenters. The molecule has 0 amide bonds. The van der Waals surface area contributed by atoms with Crippen LogP contribution in [0.4, 0.5) is 8.78 Å². The Morgan fingerprint density at radius 3 is 2.31 bits per heavy atom. The quantitative estimate of drug-likeness (QED) is 0.456. The van der Waals surface area contributed by atoms with Gasteiger partial charge in [-0.25, -0.2) is 8.78 Å². The van der Waals surface area contributed by atoms with Crippen LogP contribution in [0.1, 0.15) is 43.7 Å². The number of nitrogens with two attached hydrogens (primary N) is 1. The van der Waals surface area contributed by atoms with Crippen LogP contribution < -0.4 is 5.14 Å². The monoisotopic (exact) mass is 419 g/mol. The Morgan fingerprint density at radius 2 is 1.77 bits per heavy atom. The fraction of sp³-hybridized carbons (Fsp3) is 0.368. The van der Waals surface area contributed by atoms with Crippen LogP contribution in [0.25, 0.3) is 0 Å². The van der Waals surface area contributed by atoms with Gasteiger partial charge in [0.25, 0.3) is 0 Å². The van der Waals surface area contributed by atoms with Crippen LogP contribution in [-0.4, -0.2) is 9.30 Å². The molecule has 0 radical (unpaired) electrons. The molecule has 2 rings (SSSR count). The van der Waals surface area contributed by atoms with Crippen LogP contribution in [0.3, 0.4) is 0 Å². The Hall–Kier alpha value is -0.850. The Kier molecular flexibility index (Phi) is 7.34. The van der Waals surface area contributed by atoms with Crippen LogP contribution in [0.5, 0.6) is 0 Å². The highest BCUT2D eigenvalue weighted by atomic mass is 35.5. The zero-order chi connectivity index (χ0) is 19.5. The molecular formula is C19H21Cl2F2NOS. The first-order valence-corrected chi connectivity index (χ1v) is 10.2. The third kappa shape index (κ3) is 4.52. The minimum absolute atomic E-state index is 0.230. The van der Waals surface area contributed by atoms with Gasteiger partial charge in [-0.3, -0.25) is 0 Å². The molecule has 2 nitrogen and oxygen atoms in total. The molecule has 0 fully saturated rings. The van der Waals surface area contributed by atoms with Gasteiger partial charge in [0.15, 0.2) is 4.75 Å². The maximum Gasteiger partial charge on any atom is 0.153 e. The average molecular weight is 420 g/mol. The van der Waals surface area contributed by atoms with Crippen molar-refractivity contribution < 1.29 is 13.3 Å². The van der Waals surface area contributed by atoms with Crippen molar-refractivity contribution in [1.29, 1.82) is 0 Å². The molecule has 142 valence electrons. The van der Waals surface area contributed by atoms with E-state index >= 15 is 0 Å². The number of hydrogen-bond acceptors (Lipinski definition) is 2. The molecule has 2 N–H and O–H groups in total. The van der Waals surface area contributed by atoms with Crippen LogP contribution in [0.15, 0.2) is 36.4 Å². The second kappa shape index (κ2) is 8.89. The molecule has 0 aliphatic carbocycles. The minimum atomic E-state index is -1.76. The third-order valence-corrected chi connectivity index (χ3v) is 6.63. The molecule has 0 saturated carbocycles. The van der Waals surface area contributed by atoms with Gasteiger partial charge in [0, 0.05) is 28.7 Å². The lowest BCUT2D eigenvalue weighted by Crippen LogP contribution is -2.48. The van der Waals surface area contributed by atoms with Gasteiger partial charge in [0.2, 0.25) is 0 Å². The summed E-state index contributed by atoms with van der Waals surface area (Å²) >= 11 is 9.92. The maximum absolute atomic E-state index is 14.7. The summed E-state index contributed by atoms with van der Waals surface area (Å²) in [5.74, 6) is -2.14. The van der Waals surface area contributed by atoms with E-state index in [-0.39, 0.29) is 5.56 Å². The zero-order valence-corrected chi connectivity index (χ0v) is 16.9. The van der Waals surface area contributed by atoms with E-state index in [1.165, 1.54) is 6.07 Å². The van der Waals surface area contributed by atoms with Crippen LogP contribution >= 0.6 is 23.2 Å². The molecule has 0 spiro atoms. The van der Waals surface area contributed by atoms with Gasteiger partial charge in [0.1, 0.15) is 16.7 Å². The minimum Gasteiger partial charge on any atom is -0.598 e. The smallest absolute Gasteiger partial charge is 0.153 e. The number of rotatable bonds is 7. The topological polar surface area (TPSA) is 49.1 Å². The lowest BCUT2D eigenvalue weighted by Gasteiger charge is -2.37. The number of halogens is 4. The van der Waals surface area contributed by atoms with Gasteiger partial charge in [0.05, 0.1) is 0 Å². The van der Waals surface area contributed by atoms with E-state index in [2.05, 4.69) is 0 Å². The van der Waals surface area contributed by atoms with Gasteiger partial charge in [-0.15, -0.1) is 0 Å². The fourth-order valence-corrected chi connectivity index (χ4v) is 4.36. The van der Waals surface area contributed by atoms with Gasteiger partial charge < -0.3 is 4.55 Å². The van der Waals surface area contributed by atoms with Crippen molar-refractivity contribution >= 4 is 34.6 Å². The SMILES string of the molecule is CCCC(c1ccc(F)c(Cl)c1F)C(C)(Cc1ccc(Cl)cc1)[S+](N)[O-]. The molecule has 7 heteroatoms. The maximum atomic E-state index is 14.7. The van der Waals surface area contributed by atoms with E-state index in [0.29, 0.717) is 24.3 Å². The van der Waals surface area contributed by atoms with Gasteiger partial charge in [-0.1, -0.05) is 54.7 Å². The van der Waals surface area contributed by atoms with Crippen LogP contribution in [0, 0.1) is 11.6 Å². The summed E-state index contributed by atoms with van der Waals surface area (Å²) in [6.45, 7) is 3.70. The summed E-state index contributed by atoms with van der Waals surface area (Å²) in [5, 5.41) is 5.89. The Morgan fingerprint density at radius 1 is 1.15 bits per heavy atom. The highest BCUT2D eigenvalue weighted by molar-refractivity contribution is 7.90. The van der Waals surface area contributed by atoms with Gasteiger partial charge in [-0.2, -0.15) is 5.14 Å². The standard InChI is InChI=1S/C19H21Cl2F2NOS/c1-3-4-15(14-9-10-16(22)17(21)18(14)23)19(2,26(24)25)11-12-5-7-13(20)8-6-12/h5-10,15H,3-4,11,24H2,1-2H3. The molecule has 0 saturated heterocycles. The van der Waals surface area contributed by atoms with Crippen molar-refractivity contribution in [3.05, 3.63) is 69.2 Å². The van der Waals surface area contributed by atoms with Crippen molar-refractivity contribution in [3.8, 4) is 0 Å². The molecule has 0 aliphatic rings. The zero-order valence-electron chi connectivity index (χ0n) is 14.6. The molecule has 3 atom stereocenters. The predicted octanol–water partition coefficient (Wildman–Crippen LogP) is 5.78. The molecule has 2 aromatic rings. The van der Waals surface area contributed by atoms with E-state index in [1.807, 2.05) is 19.1 Å². The summed E-state index contributed by atoms with van der Waals surface area (Å²) in [6.07, 6.45) is 1.60. The van der Waals surface area contributed by atoms with Crippen LogP contribution in [-0.2, 0) is 17.8 Å². The molecule has 26 heavy (non-hydrogen) atoms. The second-order valence-corrected chi connectivity index (χ2v) is 8.86. The summed E-state index contributed by atoms with van der Waals surface area (Å²) in [5.41, 5.74) is 1.11. The van der Waals surface area contributed by atoms with Crippen molar-refractivity contribution in [2.75, 3.05) is 0 Å². The van der Waals surface area contributed by atoms with E-state index in [0.717, 1.165) is 11.6 Å². The van der Waals surface area contributed by atoms with E-state index in [1.54, 1.807) is 19.1 Å². The van der Waals surface area contributed by atoms with Gasteiger partial charge >= 0.3 is 0 Å². The molecule has 0 heterocycles. The average Bonchev–Trinajstić information content (AvgIpc) is 2.60. The second-order valence-electron chi connectivity index (χ2n) is 6.52. The van der Waals surface area contributed by atoms with Gasteiger partial charge in [-0.05, 0) is 42.7 Å². The van der Waals surface area contributed by atoms with Crippen molar-refractivity contribution in [1.82, 2.24) is 0 Å². The van der Waals surface area contributed by atoms with E-state index in [4.69, 9.17) is 28.3 Å². The van der Waals surface area contributed by atoms with Crippen molar-refractivity contribution in [2.45, 2.75) is 43.8 Å². The molecule has 2 aromatic carbocycles. The molecule has 0 aliphatic heterocycles. The van der Waals surface area contributed by atoms with Crippen molar-refractivity contribution in [2.24, 2.45) is 5.14 Å². The number of benzene rings is 2. The highest BCUT2D eigenvalue weighted by Gasteiger charge is 2.46. The normalized spacial score (nSPS) is 16.2. The Bertz CT molecular complexity index is 758. The molecule has 0 bridgehead atoms.